The van der Waals surface area contributed by atoms with Crippen LogP contribution in [0.25, 0.3) is 0 Å². The third-order valence-corrected chi connectivity index (χ3v) is 3.54. The summed E-state index contributed by atoms with van der Waals surface area (Å²) in [5.74, 6) is 0.845. The van der Waals surface area contributed by atoms with Crippen molar-refractivity contribution < 1.29 is 0 Å². The molecule has 0 bridgehead atoms. The van der Waals surface area contributed by atoms with Crippen LogP contribution in [0, 0.1) is 5.92 Å². The van der Waals surface area contributed by atoms with Gasteiger partial charge in [-0.05, 0) is 38.1 Å². The molecule has 1 aliphatic rings. The van der Waals surface area contributed by atoms with Crippen LogP contribution in [0.2, 0.25) is 0 Å². The smallest absolute Gasteiger partial charge is 0.00676 e. The molecule has 1 rings (SSSR count). The van der Waals surface area contributed by atoms with Gasteiger partial charge in [-0.3, -0.25) is 0 Å². The van der Waals surface area contributed by atoms with Gasteiger partial charge >= 0.3 is 0 Å². The fourth-order valence-electron chi connectivity index (χ4n) is 1.57. The van der Waals surface area contributed by atoms with E-state index in [1.54, 1.807) is 0 Å². The van der Waals surface area contributed by atoms with Gasteiger partial charge in [-0.25, -0.2) is 0 Å². The lowest BCUT2D eigenvalue weighted by molar-refractivity contribution is 0.476. The number of alkyl halides is 1. The van der Waals surface area contributed by atoms with Gasteiger partial charge in [0.05, 0.1) is 0 Å². The predicted molar refractivity (Wildman–Crippen MR) is 53.2 cm³/mol. The van der Waals surface area contributed by atoms with E-state index in [2.05, 4.69) is 28.2 Å². The minimum atomic E-state index is 0.830. The molecule has 0 amide bonds. The Balaban J connectivity index is 2.01. The first kappa shape index (κ1) is 9.53. The van der Waals surface area contributed by atoms with Crippen LogP contribution >= 0.6 is 15.9 Å². The van der Waals surface area contributed by atoms with Crippen LogP contribution in [0.5, 0.6) is 0 Å². The summed E-state index contributed by atoms with van der Waals surface area (Å²) >= 11 is 3.50. The Bertz CT molecular complexity index is 99.7. The fourth-order valence-corrected chi connectivity index (χ4v) is 1.89. The number of nitrogens with one attached hydrogen (secondary N) is 1. The third kappa shape index (κ3) is 3.57. The van der Waals surface area contributed by atoms with Crippen molar-refractivity contribution in [2.45, 2.75) is 38.6 Å². The summed E-state index contributed by atoms with van der Waals surface area (Å²) in [6.45, 7) is 3.55. The van der Waals surface area contributed by atoms with Crippen molar-refractivity contribution >= 4 is 15.9 Å². The Labute approximate surface area is 78.1 Å². The zero-order valence-electron chi connectivity index (χ0n) is 7.28. The predicted octanol–water partition coefficient (Wildman–Crippen LogP) is 2.55. The lowest BCUT2D eigenvalue weighted by Crippen LogP contribution is -2.21. The summed E-state index contributed by atoms with van der Waals surface area (Å²) in [6, 6.07) is 0.830. The Morgan fingerprint density at radius 2 is 2.45 bits per heavy atom. The molecular formula is C9H18BrN. The largest absolute Gasteiger partial charge is 0.314 e. The number of hydrogen-bond acceptors (Lipinski definition) is 1. The second-order valence-corrected chi connectivity index (χ2v) is 4.28. The van der Waals surface area contributed by atoms with Crippen molar-refractivity contribution in [3.63, 3.8) is 0 Å². The molecule has 2 heteroatoms. The highest BCUT2D eigenvalue weighted by atomic mass is 79.9. The number of halogens is 1. The maximum Gasteiger partial charge on any atom is 0.00676 e. The van der Waals surface area contributed by atoms with Crippen LogP contribution in [0.1, 0.15) is 32.6 Å². The van der Waals surface area contributed by atoms with Gasteiger partial charge in [0.1, 0.15) is 0 Å². The normalized spacial score (nSPS) is 27.3. The average Bonchev–Trinajstić information content (AvgIpc) is 2.52. The Morgan fingerprint density at radius 3 is 3.00 bits per heavy atom. The minimum Gasteiger partial charge on any atom is -0.314 e. The van der Waals surface area contributed by atoms with Gasteiger partial charge in [0.15, 0.2) is 0 Å². The lowest BCUT2D eigenvalue weighted by atomic mass is 10.0. The van der Waals surface area contributed by atoms with Gasteiger partial charge in [-0.15, -0.1) is 0 Å². The van der Waals surface area contributed by atoms with E-state index in [9.17, 15) is 0 Å². The molecule has 1 aliphatic heterocycles. The van der Waals surface area contributed by atoms with Gasteiger partial charge in [0, 0.05) is 11.4 Å². The molecule has 1 N–H and O–H groups in total. The molecule has 11 heavy (non-hydrogen) atoms. The monoisotopic (exact) mass is 219 g/mol. The highest BCUT2D eigenvalue weighted by molar-refractivity contribution is 9.09. The minimum absolute atomic E-state index is 0.830. The van der Waals surface area contributed by atoms with Crippen LogP contribution in [0.4, 0.5) is 0 Å². The van der Waals surface area contributed by atoms with Gasteiger partial charge in [0.25, 0.3) is 0 Å². The molecule has 1 saturated heterocycles. The Kier molecular flexibility index (Phi) is 4.46. The molecule has 0 saturated carbocycles. The molecule has 0 aromatic heterocycles. The summed E-state index contributed by atoms with van der Waals surface area (Å²) in [7, 11) is 0. The molecule has 66 valence electrons. The van der Waals surface area contributed by atoms with Crippen molar-refractivity contribution in [2.24, 2.45) is 5.92 Å². The quantitative estimate of drug-likeness (QED) is 0.718. The van der Waals surface area contributed by atoms with Gasteiger partial charge in [0.2, 0.25) is 0 Å². The third-order valence-electron chi connectivity index (χ3n) is 2.43. The second-order valence-electron chi connectivity index (χ2n) is 3.63. The lowest BCUT2D eigenvalue weighted by Gasteiger charge is -2.12. The fraction of sp³-hybridized carbons (Fsp3) is 1.00. The molecule has 1 heterocycles. The maximum atomic E-state index is 3.52. The van der Waals surface area contributed by atoms with E-state index in [-0.39, 0.29) is 0 Å². The molecule has 0 aromatic rings. The summed E-state index contributed by atoms with van der Waals surface area (Å²) in [6.07, 6.45) is 5.51. The summed E-state index contributed by atoms with van der Waals surface area (Å²) in [5, 5.41) is 4.67. The number of hydrogen-bond donors (Lipinski definition) is 1. The van der Waals surface area contributed by atoms with E-state index in [1.165, 1.54) is 32.2 Å². The first-order chi connectivity index (χ1) is 5.33. The van der Waals surface area contributed by atoms with Crippen LogP contribution in [0.3, 0.4) is 0 Å². The summed E-state index contributed by atoms with van der Waals surface area (Å²) < 4.78 is 0. The summed E-state index contributed by atoms with van der Waals surface area (Å²) in [4.78, 5) is 0. The molecule has 1 fully saturated rings. The average molecular weight is 220 g/mol. The second kappa shape index (κ2) is 5.15. The Morgan fingerprint density at radius 1 is 1.64 bits per heavy atom. The van der Waals surface area contributed by atoms with E-state index >= 15 is 0 Å². The van der Waals surface area contributed by atoms with Crippen molar-refractivity contribution in [3.05, 3.63) is 0 Å². The van der Waals surface area contributed by atoms with Crippen LogP contribution in [0.15, 0.2) is 0 Å². The summed E-state index contributed by atoms with van der Waals surface area (Å²) in [5.41, 5.74) is 0. The van der Waals surface area contributed by atoms with Gasteiger partial charge in [-0.2, -0.15) is 0 Å². The van der Waals surface area contributed by atoms with Crippen molar-refractivity contribution in [2.75, 3.05) is 11.9 Å². The standard InChI is InChI=1S/C9H18BrN/c1-8(7-10)4-5-9-3-2-6-11-9/h8-9,11H,2-7H2,1H3. The number of rotatable bonds is 4. The highest BCUT2D eigenvalue weighted by Gasteiger charge is 2.14. The van der Waals surface area contributed by atoms with Gasteiger partial charge < -0.3 is 5.32 Å². The molecule has 0 aliphatic carbocycles. The van der Waals surface area contributed by atoms with E-state index in [1.807, 2.05) is 0 Å². The first-order valence-electron chi connectivity index (χ1n) is 4.62. The first-order valence-corrected chi connectivity index (χ1v) is 5.74. The zero-order valence-corrected chi connectivity index (χ0v) is 8.86. The Hall–Kier alpha value is 0.440. The molecule has 1 nitrogen and oxygen atoms in total. The topological polar surface area (TPSA) is 12.0 Å². The van der Waals surface area contributed by atoms with E-state index < -0.39 is 0 Å². The van der Waals surface area contributed by atoms with Crippen LogP contribution < -0.4 is 5.32 Å². The maximum absolute atomic E-state index is 3.52. The van der Waals surface area contributed by atoms with Gasteiger partial charge in [-0.1, -0.05) is 22.9 Å². The SMILES string of the molecule is CC(CBr)CCC1CCCN1. The van der Waals surface area contributed by atoms with Crippen molar-refractivity contribution in [1.82, 2.24) is 5.32 Å². The van der Waals surface area contributed by atoms with Crippen LogP contribution in [-0.2, 0) is 0 Å². The van der Waals surface area contributed by atoms with Crippen LogP contribution in [-0.4, -0.2) is 17.9 Å². The molecule has 2 atom stereocenters. The molecule has 0 radical (unpaired) electrons. The molecule has 0 aromatic carbocycles. The molecular weight excluding hydrogens is 202 g/mol. The van der Waals surface area contributed by atoms with Crippen molar-refractivity contribution in [3.8, 4) is 0 Å². The van der Waals surface area contributed by atoms with E-state index in [4.69, 9.17) is 0 Å². The van der Waals surface area contributed by atoms with E-state index in [0.29, 0.717) is 0 Å². The highest BCUT2D eigenvalue weighted by Crippen LogP contribution is 2.15. The molecule has 2 unspecified atom stereocenters. The zero-order chi connectivity index (χ0) is 8.10. The van der Waals surface area contributed by atoms with E-state index in [0.717, 1.165) is 17.3 Å². The van der Waals surface area contributed by atoms with Crippen molar-refractivity contribution in [1.29, 1.82) is 0 Å². The molecule has 0 spiro atoms.